The summed E-state index contributed by atoms with van der Waals surface area (Å²) >= 11 is 0. The molecular formula is C15H22NO3+. The molecule has 1 aromatic carbocycles. The molecule has 19 heavy (non-hydrogen) atoms. The topological polar surface area (TPSA) is 35.5 Å². The molecule has 0 radical (unpaired) electrons. The number of nitrogens with zero attached hydrogens (tertiary/aromatic N) is 1. The summed E-state index contributed by atoms with van der Waals surface area (Å²) in [5.74, 6) is 1.58. The highest BCUT2D eigenvalue weighted by Gasteiger charge is 2.16. The summed E-state index contributed by atoms with van der Waals surface area (Å²) in [5.41, 5.74) is 0.717. The van der Waals surface area contributed by atoms with Crippen molar-refractivity contribution in [2.75, 3.05) is 34.5 Å². The largest absolute Gasteiger partial charge is 0.454 e. The van der Waals surface area contributed by atoms with Crippen molar-refractivity contribution >= 4 is 5.78 Å². The van der Waals surface area contributed by atoms with E-state index in [2.05, 4.69) is 21.1 Å². The van der Waals surface area contributed by atoms with Crippen LogP contribution < -0.4 is 9.47 Å². The first-order valence-electron chi connectivity index (χ1n) is 6.69. The average molecular weight is 264 g/mol. The van der Waals surface area contributed by atoms with E-state index < -0.39 is 0 Å². The van der Waals surface area contributed by atoms with E-state index in [0.717, 1.165) is 35.2 Å². The third kappa shape index (κ3) is 3.96. The number of Topliss-reactive ketones (excluding diaryl/α,β-unsaturated/α-hetero) is 1. The van der Waals surface area contributed by atoms with Crippen LogP contribution in [-0.2, 0) is 0 Å². The number of carbonyl (C=O) groups is 1. The van der Waals surface area contributed by atoms with Gasteiger partial charge in [0.2, 0.25) is 6.79 Å². The molecule has 1 aliphatic heterocycles. The molecule has 0 aliphatic carbocycles. The van der Waals surface area contributed by atoms with E-state index >= 15 is 0 Å². The molecule has 0 saturated heterocycles. The molecule has 2 rings (SSSR count). The monoisotopic (exact) mass is 264 g/mol. The first kappa shape index (κ1) is 13.9. The number of ketones is 1. The van der Waals surface area contributed by atoms with Crippen LogP contribution in [0.4, 0.5) is 0 Å². The van der Waals surface area contributed by atoms with Crippen molar-refractivity contribution in [3.05, 3.63) is 23.8 Å². The molecule has 0 unspecified atom stereocenters. The lowest BCUT2D eigenvalue weighted by molar-refractivity contribution is -0.870. The van der Waals surface area contributed by atoms with Gasteiger partial charge < -0.3 is 14.0 Å². The van der Waals surface area contributed by atoms with Gasteiger partial charge in [0.05, 0.1) is 27.7 Å². The fraction of sp³-hybridized carbons (Fsp3) is 0.533. The van der Waals surface area contributed by atoms with Crippen LogP contribution in [0.3, 0.4) is 0 Å². The second-order valence-electron chi connectivity index (χ2n) is 5.96. The van der Waals surface area contributed by atoms with Gasteiger partial charge in [-0.15, -0.1) is 0 Å². The van der Waals surface area contributed by atoms with Crippen LogP contribution in [0.25, 0.3) is 0 Å². The van der Waals surface area contributed by atoms with Gasteiger partial charge in [0, 0.05) is 12.0 Å². The first-order valence-corrected chi connectivity index (χ1v) is 6.69. The van der Waals surface area contributed by atoms with Crippen molar-refractivity contribution < 1.29 is 18.8 Å². The van der Waals surface area contributed by atoms with Gasteiger partial charge in [-0.3, -0.25) is 4.79 Å². The van der Waals surface area contributed by atoms with E-state index in [9.17, 15) is 4.79 Å². The van der Waals surface area contributed by atoms with Gasteiger partial charge in [-0.1, -0.05) is 0 Å². The Morgan fingerprint density at radius 2 is 1.89 bits per heavy atom. The standard InChI is InChI=1S/C15H22NO3/c1-16(2,3)9-5-4-6-13(17)12-7-8-14-15(10-12)19-11-18-14/h7-8,10H,4-6,9,11H2,1-3H3/q+1. The number of rotatable bonds is 6. The Morgan fingerprint density at radius 3 is 2.63 bits per heavy atom. The van der Waals surface area contributed by atoms with Gasteiger partial charge in [0.15, 0.2) is 17.3 Å². The molecule has 0 spiro atoms. The number of hydrogen-bond donors (Lipinski definition) is 0. The third-order valence-corrected chi connectivity index (χ3v) is 3.18. The van der Waals surface area contributed by atoms with Crippen LogP contribution >= 0.6 is 0 Å². The molecule has 0 fully saturated rings. The summed E-state index contributed by atoms with van der Waals surface area (Å²) in [5, 5.41) is 0. The van der Waals surface area contributed by atoms with Gasteiger partial charge in [0.25, 0.3) is 0 Å². The number of quaternary nitrogens is 1. The molecule has 0 N–H and O–H groups in total. The molecule has 0 atom stereocenters. The van der Waals surface area contributed by atoms with Crippen molar-refractivity contribution in [2.24, 2.45) is 0 Å². The molecule has 0 saturated carbocycles. The van der Waals surface area contributed by atoms with Crippen molar-refractivity contribution in [1.29, 1.82) is 0 Å². The van der Waals surface area contributed by atoms with Crippen LogP contribution in [0.2, 0.25) is 0 Å². The Bertz CT molecular complexity index is 463. The number of fused-ring (bicyclic) bond motifs is 1. The predicted molar refractivity (Wildman–Crippen MR) is 73.6 cm³/mol. The Morgan fingerprint density at radius 1 is 1.16 bits per heavy atom. The van der Waals surface area contributed by atoms with Gasteiger partial charge in [-0.25, -0.2) is 0 Å². The van der Waals surface area contributed by atoms with Crippen LogP contribution in [0.15, 0.2) is 18.2 Å². The summed E-state index contributed by atoms with van der Waals surface area (Å²) in [4.78, 5) is 12.1. The van der Waals surface area contributed by atoms with E-state index in [0.29, 0.717) is 12.2 Å². The zero-order valence-electron chi connectivity index (χ0n) is 11.9. The van der Waals surface area contributed by atoms with Crippen LogP contribution in [-0.4, -0.2) is 44.7 Å². The van der Waals surface area contributed by atoms with Gasteiger partial charge in [-0.2, -0.15) is 0 Å². The van der Waals surface area contributed by atoms with E-state index in [1.54, 1.807) is 6.07 Å². The summed E-state index contributed by atoms with van der Waals surface area (Å²) < 4.78 is 11.5. The van der Waals surface area contributed by atoms with E-state index in [1.165, 1.54) is 0 Å². The highest BCUT2D eigenvalue weighted by Crippen LogP contribution is 2.32. The molecule has 0 amide bonds. The zero-order chi connectivity index (χ0) is 13.9. The number of benzene rings is 1. The maximum atomic E-state index is 12.1. The van der Waals surface area contributed by atoms with Crippen molar-refractivity contribution in [3.63, 3.8) is 0 Å². The number of hydrogen-bond acceptors (Lipinski definition) is 3. The maximum absolute atomic E-state index is 12.1. The maximum Gasteiger partial charge on any atom is 0.231 e. The summed E-state index contributed by atoms with van der Waals surface area (Å²) in [6.45, 7) is 1.34. The number of ether oxygens (including phenoxy) is 2. The molecule has 1 aromatic rings. The zero-order valence-corrected chi connectivity index (χ0v) is 11.9. The second kappa shape index (κ2) is 5.61. The second-order valence-corrected chi connectivity index (χ2v) is 5.96. The van der Waals surface area contributed by atoms with Crippen LogP contribution in [0, 0.1) is 0 Å². The minimum Gasteiger partial charge on any atom is -0.454 e. The average Bonchev–Trinajstić information content (AvgIpc) is 2.80. The van der Waals surface area contributed by atoms with E-state index in [4.69, 9.17) is 9.47 Å². The molecule has 104 valence electrons. The Balaban J connectivity index is 1.83. The fourth-order valence-corrected chi connectivity index (χ4v) is 2.09. The highest BCUT2D eigenvalue weighted by atomic mass is 16.7. The van der Waals surface area contributed by atoms with Crippen LogP contribution in [0.1, 0.15) is 29.6 Å². The Labute approximate surface area is 114 Å². The third-order valence-electron chi connectivity index (χ3n) is 3.18. The number of carbonyl (C=O) groups excluding carboxylic acids is 1. The van der Waals surface area contributed by atoms with Crippen molar-refractivity contribution in [1.82, 2.24) is 0 Å². The lowest BCUT2D eigenvalue weighted by Gasteiger charge is -2.23. The Kier molecular flexibility index (Phi) is 4.10. The lowest BCUT2D eigenvalue weighted by Crippen LogP contribution is -2.35. The van der Waals surface area contributed by atoms with E-state index in [-0.39, 0.29) is 12.6 Å². The predicted octanol–water partition coefficient (Wildman–Crippen LogP) is 2.47. The van der Waals surface area contributed by atoms with Crippen molar-refractivity contribution in [2.45, 2.75) is 19.3 Å². The minimum absolute atomic E-state index is 0.180. The summed E-state index contributed by atoms with van der Waals surface area (Å²) in [7, 11) is 6.50. The minimum atomic E-state index is 0.180. The smallest absolute Gasteiger partial charge is 0.231 e. The fourth-order valence-electron chi connectivity index (χ4n) is 2.09. The van der Waals surface area contributed by atoms with Gasteiger partial charge in [-0.05, 0) is 31.0 Å². The van der Waals surface area contributed by atoms with Gasteiger partial charge >= 0.3 is 0 Å². The molecule has 4 nitrogen and oxygen atoms in total. The molecule has 1 heterocycles. The molecule has 0 bridgehead atoms. The van der Waals surface area contributed by atoms with Crippen molar-refractivity contribution in [3.8, 4) is 11.5 Å². The highest BCUT2D eigenvalue weighted by molar-refractivity contribution is 5.96. The normalized spacial score (nSPS) is 13.6. The SMILES string of the molecule is C[N+](C)(C)CCCCC(=O)c1ccc2c(c1)OCO2. The number of unbranched alkanes of at least 4 members (excludes halogenated alkanes) is 1. The summed E-state index contributed by atoms with van der Waals surface area (Å²) in [6, 6.07) is 5.40. The summed E-state index contributed by atoms with van der Waals surface area (Å²) in [6.07, 6.45) is 2.60. The van der Waals surface area contributed by atoms with Crippen LogP contribution in [0.5, 0.6) is 11.5 Å². The molecule has 1 aliphatic rings. The van der Waals surface area contributed by atoms with E-state index in [1.807, 2.05) is 12.1 Å². The molecular weight excluding hydrogens is 242 g/mol. The molecule has 4 heteroatoms. The van der Waals surface area contributed by atoms with Gasteiger partial charge in [0.1, 0.15) is 0 Å². The quantitative estimate of drug-likeness (QED) is 0.450. The lowest BCUT2D eigenvalue weighted by atomic mass is 10.0. The molecule has 0 aromatic heterocycles. The Hall–Kier alpha value is -1.55. The first-order chi connectivity index (χ1) is 8.96.